The normalized spacial score (nSPS) is 23.0. The Labute approximate surface area is 138 Å². The zero-order valence-electron chi connectivity index (χ0n) is 13.4. The fourth-order valence-corrected chi connectivity index (χ4v) is 3.85. The van der Waals surface area contributed by atoms with E-state index in [4.69, 9.17) is 4.74 Å². The predicted molar refractivity (Wildman–Crippen MR) is 83.7 cm³/mol. The van der Waals surface area contributed by atoms with Gasteiger partial charge in [0.15, 0.2) is 0 Å². The van der Waals surface area contributed by atoms with Crippen LogP contribution in [-0.4, -0.2) is 4.98 Å². The lowest BCUT2D eigenvalue weighted by molar-refractivity contribution is -0.137. The number of halogens is 3. The quantitative estimate of drug-likeness (QED) is 0.719. The molecule has 1 aromatic heterocycles. The Balaban J connectivity index is 1.73. The highest BCUT2D eigenvalue weighted by Gasteiger charge is 2.35. The van der Waals surface area contributed by atoms with E-state index in [-0.39, 0.29) is 12.2 Å². The fraction of sp³-hybridized carbons (Fsp3) is 0.421. The summed E-state index contributed by atoms with van der Waals surface area (Å²) in [5, 5.41) is 0. The van der Waals surface area contributed by atoms with Crippen LogP contribution in [-0.2, 0) is 23.8 Å². The Kier molecular flexibility index (Phi) is 3.64. The number of nitrogens with zero attached hydrogens (tertiary/aromatic N) is 1. The Morgan fingerprint density at radius 3 is 2.50 bits per heavy atom. The summed E-state index contributed by atoms with van der Waals surface area (Å²) in [7, 11) is 0. The van der Waals surface area contributed by atoms with Crippen LogP contribution in [0.25, 0.3) is 0 Å². The van der Waals surface area contributed by atoms with Gasteiger partial charge in [-0.2, -0.15) is 13.2 Å². The lowest BCUT2D eigenvalue weighted by Gasteiger charge is -2.19. The van der Waals surface area contributed by atoms with Crippen LogP contribution in [0.1, 0.15) is 65.5 Å². The second-order valence-electron chi connectivity index (χ2n) is 6.54. The van der Waals surface area contributed by atoms with Crippen molar-refractivity contribution in [2.24, 2.45) is 0 Å². The number of pyridine rings is 1. The zero-order valence-corrected chi connectivity index (χ0v) is 13.4. The smallest absolute Gasteiger partial charge is 0.361 e. The maximum absolute atomic E-state index is 12.7. The first-order chi connectivity index (χ1) is 11.4. The first-order valence-corrected chi connectivity index (χ1v) is 8.28. The van der Waals surface area contributed by atoms with Crippen molar-refractivity contribution >= 4 is 0 Å². The molecule has 0 spiro atoms. The molecular formula is C19H18F3NO. The van der Waals surface area contributed by atoms with Gasteiger partial charge in [-0.05, 0) is 61.4 Å². The van der Waals surface area contributed by atoms with E-state index in [9.17, 15) is 13.2 Å². The van der Waals surface area contributed by atoms with Gasteiger partial charge in [0.05, 0.1) is 11.7 Å². The molecule has 0 fully saturated rings. The second-order valence-corrected chi connectivity index (χ2v) is 6.54. The molecule has 1 aliphatic carbocycles. The standard InChI is InChI=1S/C19H18F3NO/c1-11-17-14-4-2-3-5-16(14)23-10-15(17)18(24-11)12-6-8-13(9-7-12)19(20,21)22/h6-11,18H,2-5H2,1H3. The summed E-state index contributed by atoms with van der Waals surface area (Å²) in [6.45, 7) is 2.01. The molecule has 0 amide bonds. The van der Waals surface area contributed by atoms with Crippen LogP contribution >= 0.6 is 0 Å². The van der Waals surface area contributed by atoms with Crippen molar-refractivity contribution in [3.63, 3.8) is 0 Å². The SMILES string of the molecule is CC1OC(c2ccc(C(F)(F)F)cc2)c2cnc3c(c21)CCCC3. The van der Waals surface area contributed by atoms with Crippen LogP contribution in [0.5, 0.6) is 0 Å². The molecule has 0 radical (unpaired) electrons. The van der Waals surface area contributed by atoms with Crippen LogP contribution in [0.15, 0.2) is 30.5 Å². The van der Waals surface area contributed by atoms with Gasteiger partial charge < -0.3 is 4.74 Å². The van der Waals surface area contributed by atoms with E-state index in [1.165, 1.54) is 23.3 Å². The molecule has 0 bridgehead atoms. The number of benzene rings is 1. The van der Waals surface area contributed by atoms with Crippen molar-refractivity contribution in [3.8, 4) is 0 Å². The number of ether oxygens (including phenoxy) is 1. The van der Waals surface area contributed by atoms with Gasteiger partial charge in [-0.1, -0.05) is 12.1 Å². The van der Waals surface area contributed by atoms with Gasteiger partial charge in [-0.25, -0.2) is 0 Å². The number of aromatic nitrogens is 1. The molecule has 1 aromatic carbocycles. The van der Waals surface area contributed by atoms with Gasteiger partial charge in [0.25, 0.3) is 0 Å². The fourth-order valence-electron chi connectivity index (χ4n) is 3.85. The maximum Gasteiger partial charge on any atom is 0.416 e. The van der Waals surface area contributed by atoms with E-state index in [1.807, 2.05) is 13.1 Å². The Hall–Kier alpha value is -1.88. The highest BCUT2D eigenvalue weighted by atomic mass is 19.4. The van der Waals surface area contributed by atoms with Gasteiger partial charge in [-0.15, -0.1) is 0 Å². The summed E-state index contributed by atoms with van der Waals surface area (Å²) in [4.78, 5) is 4.60. The van der Waals surface area contributed by atoms with Crippen LogP contribution in [0, 0.1) is 0 Å². The van der Waals surface area contributed by atoms with Gasteiger partial charge in [-0.3, -0.25) is 4.98 Å². The third kappa shape index (κ3) is 2.51. The second kappa shape index (κ2) is 5.59. The number of fused-ring (bicyclic) bond motifs is 3. The zero-order chi connectivity index (χ0) is 16.9. The summed E-state index contributed by atoms with van der Waals surface area (Å²) in [5.74, 6) is 0. The Bertz CT molecular complexity index is 767. The third-order valence-corrected chi connectivity index (χ3v) is 5.00. The number of aryl methyl sites for hydroxylation is 1. The van der Waals surface area contributed by atoms with E-state index in [2.05, 4.69) is 4.98 Å². The molecule has 2 nitrogen and oxygen atoms in total. The van der Waals surface area contributed by atoms with E-state index in [0.29, 0.717) is 0 Å². The number of alkyl halides is 3. The number of rotatable bonds is 1. The van der Waals surface area contributed by atoms with Crippen molar-refractivity contribution in [2.45, 2.75) is 51.0 Å². The van der Waals surface area contributed by atoms with Gasteiger partial charge in [0, 0.05) is 17.5 Å². The summed E-state index contributed by atoms with van der Waals surface area (Å²) < 4.78 is 44.3. The molecule has 0 N–H and O–H groups in total. The molecule has 2 heterocycles. The molecular weight excluding hydrogens is 315 g/mol. The molecule has 2 atom stereocenters. The minimum absolute atomic E-state index is 0.0536. The lowest BCUT2D eigenvalue weighted by Crippen LogP contribution is -2.10. The molecule has 126 valence electrons. The molecule has 5 heteroatoms. The first-order valence-electron chi connectivity index (χ1n) is 8.28. The average Bonchev–Trinajstić information content (AvgIpc) is 2.91. The van der Waals surface area contributed by atoms with E-state index >= 15 is 0 Å². The minimum atomic E-state index is -4.32. The monoisotopic (exact) mass is 333 g/mol. The van der Waals surface area contributed by atoms with E-state index in [0.717, 1.165) is 54.6 Å². The van der Waals surface area contributed by atoms with Gasteiger partial charge >= 0.3 is 6.18 Å². The largest absolute Gasteiger partial charge is 0.416 e. The topological polar surface area (TPSA) is 22.1 Å². The molecule has 1 aliphatic heterocycles. The van der Waals surface area contributed by atoms with Crippen LogP contribution in [0.4, 0.5) is 13.2 Å². The average molecular weight is 333 g/mol. The van der Waals surface area contributed by atoms with Gasteiger partial charge in [0.1, 0.15) is 6.10 Å². The van der Waals surface area contributed by atoms with Crippen molar-refractivity contribution in [1.29, 1.82) is 0 Å². The minimum Gasteiger partial charge on any atom is -0.361 e. The molecule has 0 saturated heterocycles. The predicted octanol–water partition coefficient (Wildman–Crippen LogP) is 5.16. The summed E-state index contributed by atoms with van der Waals surface area (Å²) in [6.07, 6.45) is 1.48. The number of hydrogen-bond donors (Lipinski definition) is 0. The van der Waals surface area contributed by atoms with E-state index in [1.54, 1.807) is 0 Å². The van der Waals surface area contributed by atoms with Crippen molar-refractivity contribution in [3.05, 3.63) is 64.0 Å². The highest BCUT2D eigenvalue weighted by Crippen LogP contribution is 2.45. The third-order valence-electron chi connectivity index (χ3n) is 5.00. The molecule has 0 saturated carbocycles. The van der Waals surface area contributed by atoms with E-state index < -0.39 is 11.7 Å². The molecule has 4 rings (SSSR count). The van der Waals surface area contributed by atoms with Crippen molar-refractivity contribution < 1.29 is 17.9 Å². The van der Waals surface area contributed by atoms with Crippen LogP contribution in [0.2, 0.25) is 0 Å². The summed E-state index contributed by atoms with van der Waals surface area (Å²) in [6, 6.07) is 5.25. The molecule has 2 aromatic rings. The Morgan fingerprint density at radius 2 is 1.79 bits per heavy atom. The van der Waals surface area contributed by atoms with Crippen molar-refractivity contribution in [2.75, 3.05) is 0 Å². The molecule has 2 unspecified atom stereocenters. The Morgan fingerprint density at radius 1 is 1.08 bits per heavy atom. The first kappa shape index (κ1) is 15.6. The molecule has 2 aliphatic rings. The summed E-state index contributed by atoms with van der Waals surface area (Å²) in [5.41, 5.74) is 4.75. The highest BCUT2D eigenvalue weighted by molar-refractivity contribution is 5.46. The van der Waals surface area contributed by atoms with Crippen LogP contribution < -0.4 is 0 Å². The van der Waals surface area contributed by atoms with Crippen molar-refractivity contribution in [1.82, 2.24) is 4.98 Å². The lowest BCUT2D eigenvalue weighted by atomic mass is 9.87. The summed E-state index contributed by atoms with van der Waals surface area (Å²) >= 11 is 0. The number of hydrogen-bond acceptors (Lipinski definition) is 2. The van der Waals surface area contributed by atoms with Gasteiger partial charge in [0.2, 0.25) is 0 Å². The molecule has 24 heavy (non-hydrogen) atoms. The maximum atomic E-state index is 12.7. The van der Waals surface area contributed by atoms with Crippen LogP contribution in [0.3, 0.4) is 0 Å².